The molecule has 0 bridgehead atoms. The lowest BCUT2D eigenvalue weighted by Crippen LogP contribution is -2.49. The van der Waals surface area contributed by atoms with E-state index in [1.165, 1.54) is 30.9 Å². The van der Waals surface area contributed by atoms with Gasteiger partial charge in [-0.3, -0.25) is 4.79 Å². The summed E-state index contributed by atoms with van der Waals surface area (Å²) in [4.78, 5) is 13.4. The summed E-state index contributed by atoms with van der Waals surface area (Å²) in [6.45, 7) is 0. The molecule has 34 heavy (non-hydrogen) atoms. The molecule has 2 atom stereocenters. The number of hydrogen-bond acceptors (Lipinski definition) is 4. The summed E-state index contributed by atoms with van der Waals surface area (Å²) in [6, 6.07) is 20.4. The van der Waals surface area contributed by atoms with Crippen LogP contribution in [0.5, 0.6) is 5.75 Å². The monoisotopic (exact) mass is 498 g/mol. The van der Waals surface area contributed by atoms with Crippen LogP contribution in [-0.2, 0) is 27.7 Å². The fourth-order valence-corrected chi connectivity index (χ4v) is 5.83. The fraction of sp³-hybridized carbons (Fsp3) is 0.269. The highest BCUT2D eigenvalue weighted by atomic mass is 35.5. The average Bonchev–Trinajstić information content (AvgIpc) is 2.84. The van der Waals surface area contributed by atoms with E-state index in [1.54, 1.807) is 0 Å². The molecule has 0 aromatic heterocycles. The highest BCUT2D eigenvalue weighted by molar-refractivity contribution is 7.89. The van der Waals surface area contributed by atoms with E-state index in [0.29, 0.717) is 5.75 Å². The Kier molecular flexibility index (Phi) is 7.56. The van der Waals surface area contributed by atoms with Crippen molar-refractivity contribution in [1.82, 2.24) is 10.0 Å². The number of amides is 1. The summed E-state index contributed by atoms with van der Waals surface area (Å²) in [6.07, 6.45) is 2.95. The molecule has 2 N–H and O–H groups in total. The van der Waals surface area contributed by atoms with Crippen molar-refractivity contribution in [3.8, 4) is 5.75 Å². The second-order valence-corrected chi connectivity index (χ2v) is 10.4. The summed E-state index contributed by atoms with van der Waals surface area (Å²) in [7, 11) is -2.57. The van der Waals surface area contributed by atoms with Crippen LogP contribution in [0.25, 0.3) is 0 Å². The van der Waals surface area contributed by atoms with Gasteiger partial charge in [0.15, 0.2) is 0 Å². The SMILES string of the molecule is COc1ccc(S(=O)(=O)N[C@H](Cc2ccccc2)C(=O)N[C@@H]2CCCc3ccccc32)cc1Cl. The van der Waals surface area contributed by atoms with Crippen molar-refractivity contribution in [2.45, 2.75) is 42.7 Å². The summed E-state index contributed by atoms with van der Waals surface area (Å²) < 4.78 is 34.1. The molecule has 0 fully saturated rings. The van der Waals surface area contributed by atoms with Crippen molar-refractivity contribution in [2.24, 2.45) is 0 Å². The van der Waals surface area contributed by atoms with Gasteiger partial charge in [0.1, 0.15) is 11.8 Å². The van der Waals surface area contributed by atoms with Gasteiger partial charge < -0.3 is 10.1 Å². The number of aryl methyl sites for hydroxylation is 1. The van der Waals surface area contributed by atoms with Gasteiger partial charge in [0, 0.05) is 0 Å². The lowest BCUT2D eigenvalue weighted by atomic mass is 9.87. The number of fused-ring (bicyclic) bond motifs is 1. The van der Waals surface area contributed by atoms with E-state index < -0.39 is 16.1 Å². The molecule has 1 amide bonds. The van der Waals surface area contributed by atoms with Gasteiger partial charge in [-0.1, -0.05) is 66.2 Å². The summed E-state index contributed by atoms with van der Waals surface area (Å²) in [5.41, 5.74) is 3.15. The van der Waals surface area contributed by atoms with Gasteiger partial charge in [0.25, 0.3) is 0 Å². The largest absolute Gasteiger partial charge is 0.495 e. The Balaban J connectivity index is 1.59. The van der Waals surface area contributed by atoms with Crippen molar-refractivity contribution < 1.29 is 17.9 Å². The van der Waals surface area contributed by atoms with Crippen LogP contribution < -0.4 is 14.8 Å². The number of halogens is 1. The molecule has 3 aromatic carbocycles. The number of sulfonamides is 1. The van der Waals surface area contributed by atoms with Gasteiger partial charge in [-0.25, -0.2) is 8.42 Å². The molecule has 0 unspecified atom stereocenters. The Morgan fingerprint density at radius 1 is 1.09 bits per heavy atom. The van der Waals surface area contributed by atoms with Crippen molar-refractivity contribution >= 4 is 27.5 Å². The predicted octanol–water partition coefficient (Wildman–Crippen LogP) is 4.43. The molecule has 0 saturated heterocycles. The number of nitrogens with one attached hydrogen (secondary N) is 2. The van der Waals surface area contributed by atoms with E-state index in [1.807, 2.05) is 48.5 Å². The standard InChI is InChI=1S/C26H27ClN2O4S/c1-33-25-15-14-20(17-22(25)27)34(31,32)29-24(16-18-8-3-2-4-9-18)26(30)28-23-13-7-11-19-10-5-6-12-21(19)23/h2-6,8-10,12,14-15,17,23-24,29H,7,11,13,16H2,1H3,(H,28,30)/t23-,24-/m1/s1. The summed E-state index contributed by atoms with van der Waals surface area (Å²) >= 11 is 6.14. The van der Waals surface area contributed by atoms with Crippen molar-refractivity contribution in [3.05, 3.63) is 94.5 Å². The van der Waals surface area contributed by atoms with E-state index in [-0.39, 0.29) is 28.3 Å². The number of ether oxygens (including phenoxy) is 1. The molecule has 3 aromatic rings. The molecule has 0 spiro atoms. The van der Waals surface area contributed by atoms with Crippen LogP contribution in [0.3, 0.4) is 0 Å². The minimum absolute atomic E-state index is 0.0350. The molecule has 8 heteroatoms. The lowest BCUT2D eigenvalue weighted by molar-refractivity contribution is -0.123. The Bertz CT molecular complexity index is 1260. The molecule has 0 radical (unpaired) electrons. The van der Waals surface area contributed by atoms with Crippen LogP contribution in [-0.4, -0.2) is 27.5 Å². The van der Waals surface area contributed by atoms with Crippen molar-refractivity contribution in [1.29, 1.82) is 0 Å². The number of rotatable bonds is 8. The fourth-order valence-electron chi connectivity index (χ4n) is 4.28. The van der Waals surface area contributed by atoms with Crippen LogP contribution in [0, 0.1) is 0 Å². The van der Waals surface area contributed by atoms with Crippen molar-refractivity contribution in [3.63, 3.8) is 0 Å². The van der Waals surface area contributed by atoms with E-state index >= 15 is 0 Å². The highest BCUT2D eigenvalue weighted by Gasteiger charge is 2.29. The van der Waals surface area contributed by atoms with Crippen molar-refractivity contribution in [2.75, 3.05) is 7.11 Å². The Labute approximate surface area is 205 Å². The molecular formula is C26H27ClN2O4S. The molecule has 0 saturated carbocycles. The molecule has 0 aliphatic heterocycles. The van der Waals surface area contributed by atoms with E-state index in [2.05, 4.69) is 16.1 Å². The Morgan fingerprint density at radius 3 is 2.56 bits per heavy atom. The number of benzene rings is 3. The van der Waals surface area contributed by atoms with Gasteiger partial charge >= 0.3 is 0 Å². The van der Waals surface area contributed by atoms with Crippen LogP contribution >= 0.6 is 11.6 Å². The number of carbonyl (C=O) groups excluding carboxylic acids is 1. The molecule has 6 nitrogen and oxygen atoms in total. The summed E-state index contributed by atoms with van der Waals surface area (Å²) in [5, 5.41) is 3.26. The third-order valence-electron chi connectivity index (χ3n) is 6.02. The van der Waals surface area contributed by atoms with E-state index in [4.69, 9.17) is 16.3 Å². The first-order valence-corrected chi connectivity index (χ1v) is 13.0. The summed E-state index contributed by atoms with van der Waals surface area (Å²) in [5.74, 6) is 0.00361. The molecule has 0 heterocycles. The van der Waals surface area contributed by atoms with E-state index in [9.17, 15) is 13.2 Å². The molecular weight excluding hydrogens is 472 g/mol. The second kappa shape index (κ2) is 10.6. The first-order chi connectivity index (χ1) is 16.4. The zero-order chi connectivity index (χ0) is 24.1. The van der Waals surface area contributed by atoms with Crippen LogP contribution in [0.4, 0.5) is 0 Å². The van der Waals surface area contributed by atoms with Gasteiger partial charge in [-0.2, -0.15) is 4.72 Å². The molecule has 178 valence electrons. The van der Waals surface area contributed by atoms with Gasteiger partial charge in [0.2, 0.25) is 15.9 Å². The quantitative estimate of drug-likeness (QED) is 0.481. The molecule has 4 rings (SSSR count). The third kappa shape index (κ3) is 5.60. The minimum atomic E-state index is -4.02. The maximum Gasteiger partial charge on any atom is 0.241 e. The smallest absolute Gasteiger partial charge is 0.241 e. The predicted molar refractivity (Wildman–Crippen MR) is 133 cm³/mol. The maximum absolute atomic E-state index is 13.4. The first kappa shape index (κ1) is 24.3. The Morgan fingerprint density at radius 2 is 1.82 bits per heavy atom. The number of hydrogen-bond donors (Lipinski definition) is 2. The minimum Gasteiger partial charge on any atom is -0.495 e. The first-order valence-electron chi connectivity index (χ1n) is 11.2. The molecule has 1 aliphatic carbocycles. The van der Waals surface area contributed by atoms with Gasteiger partial charge in [0.05, 0.1) is 23.1 Å². The average molecular weight is 499 g/mol. The van der Waals surface area contributed by atoms with Crippen LogP contribution in [0.15, 0.2) is 77.7 Å². The van der Waals surface area contributed by atoms with E-state index in [0.717, 1.165) is 30.4 Å². The maximum atomic E-state index is 13.4. The third-order valence-corrected chi connectivity index (χ3v) is 7.78. The second-order valence-electron chi connectivity index (χ2n) is 8.31. The van der Waals surface area contributed by atoms with Gasteiger partial charge in [-0.05, 0) is 60.6 Å². The number of carbonyl (C=O) groups is 1. The van der Waals surface area contributed by atoms with Crippen LogP contribution in [0.2, 0.25) is 5.02 Å². The zero-order valence-electron chi connectivity index (χ0n) is 18.8. The number of methoxy groups -OCH3 is 1. The highest BCUT2D eigenvalue weighted by Crippen LogP contribution is 2.30. The normalized spacial score (nSPS) is 16.4. The molecule has 1 aliphatic rings. The van der Waals surface area contributed by atoms with Gasteiger partial charge in [-0.15, -0.1) is 0 Å². The van der Waals surface area contributed by atoms with Crippen LogP contribution in [0.1, 0.15) is 35.6 Å². The zero-order valence-corrected chi connectivity index (χ0v) is 20.4. The lowest BCUT2D eigenvalue weighted by Gasteiger charge is -2.28. The topological polar surface area (TPSA) is 84.5 Å². The Hall–Kier alpha value is -2.87.